The second-order valence-corrected chi connectivity index (χ2v) is 5.68. The van der Waals surface area contributed by atoms with Crippen molar-refractivity contribution >= 4 is 29.9 Å². The van der Waals surface area contributed by atoms with Crippen LogP contribution in [0.5, 0.6) is 5.75 Å². The highest BCUT2D eigenvalue weighted by molar-refractivity contribution is 14.0. The van der Waals surface area contributed by atoms with E-state index in [-0.39, 0.29) is 41.8 Å². The van der Waals surface area contributed by atoms with E-state index in [0.717, 1.165) is 12.5 Å². The van der Waals surface area contributed by atoms with Crippen molar-refractivity contribution in [3.63, 3.8) is 0 Å². The van der Waals surface area contributed by atoms with E-state index < -0.39 is 11.7 Å². The van der Waals surface area contributed by atoms with Crippen LogP contribution in [0, 0.1) is 5.92 Å². The fraction of sp³-hybridized carbons (Fsp3) is 0.562. The lowest BCUT2D eigenvalue weighted by Gasteiger charge is -2.14. The van der Waals surface area contributed by atoms with Gasteiger partial charge < -0.3 is 15.4 Å². The van der Waals surface area contributed by atoms with E-state index >= 15 is 0 Å². The maximum Gasteiger partial charge on any atom is 0.416 e. The summed E-state index contributed by atoms with van der Waals surface area (Å²) in [6, 6.07) is 4.29. The molecule has 2 N–H and O–H groups in total. The topological polar surface area (TPSA) is 45.7 Å². The van der Waals surface area contributed by atoms with E-state index in [2.05, 4.69) is 22.5 Å². The highest BCUT2D eigenvalue weighted by Gasteiger charge is 2.34. The van der Waals surface area contributed by atoms with Gasteiger partial charge in [-0.1, -0.05) is 13.0 Å². The summed E-state index contributed by atoms with van der Waals surface area (Å²) in [7, 11) is 1.34. The zero-order valence-electron chi connectivity index (χ0n) is 13.9. The number of methoxy groups -OCH3 is 1. The van der Waals surface area contributed by atoms with Crippen LogP contribution in [0.2, 0.25) is 0 Å². The summed E-state index contributed by atoms with van der Waals surface area (Å²) in [4.78, 5) is 4.28. The molecule has 1 aliphatic carbocycles. The van der Waals surface area contributed by atoms with Gasteiger partial charge in [0.1, 0.15) is 5.75 Å². The molecule has 8 heteroatoms. The number of guanidine groups is 1. The lowest BCUT2D eigenvalue weighted by molar-refractivity contribution is -0.138. The molecular weight excluding hydrogens is 434 g/mol. The van der Waals surface area contributed by atoms with Crippen LogP contribution >= 0.6 is 24.0 Å². The molecule has 4 nitrogen and oxygen atoms in total. The van der Waals surface area contributed by atoms with E-state index in [4.69, 9.17) is 4.74 Å². The smallest absolute Gasteiger partial charge is 0.416 e. The van der Waals surface area contributed by atoms with Gasteiger partial charge in [0.05, 0.1) is 19.2 Å². The maximum atomic E-state index is 13.2. The second kappa shape index (κ2) is 8.77. The molecule has 0 saturated heterocycles. The Hall–Kier alpha value is -1.19. The second-order valence-electron chi connectivity index (χ2n) is 5.68. The first-order valence-electron chi connectivity index (χ1n) is 7.64. The van der Waals surface area contributed by atoms with Gasteiger partial charge in [-0.05, 0) is 37.0 Å². The molecule has 1 saturated carbocycles. The van der Waals surface area contributed by atoms with E-state index in [0.29, 0.717) is 24.5 Å². The van der Waals surface area contributed by atoms with Gasteiger partial charge in [0.25, 0.3) is 0 Å². The van der Waals surface area contributed by atoms with Crippen LogP contribution in [-0.2, 0) is 12.7 Å². The molecule has 1 fully saturated rings. The van der Waals surface area contributed by atoms with Crippen molar-refractivity contribution < 1.29 is 17.9 Å². The van der Waals surface area contributed by atoms with Gasteiger partial charge in [0.15, 0.2) is 5.96 Å². The van der Waals surface area contributed by atoms with Crippen LogP contribution in [-0.4, -0.2) is 25.7 Å². The predicted molar refractivity (Wildman–Crippen MR) is 98.9 cm³/mol. The number of benzene rings is 1. The average Bonchev–Trinajstić information content (AvgIpc) is 3.19. The summed E-state index contributed by atoms with van der Waals surface area (Å²) in [5.41, 5.74) is -0.587. The zero-order valence-corrected chi connectivity index (χ0v) is 16.2. The summed E-state index contributed by atoms with van der Waals surface area (Å²) in [5, 5.41) is 6.28. The largest absolute Gasteiger partial charge is 0.497 e. The molecule has 1 aromatic rings. The third-order valence-electron chi connectivity index (χ3n) is 3.81. The first-order chi connectivity index (χ1) is 10.8. The van der Waals surface area contributed by atoms with Crippen molar-refractivity contribution in [1.29, 1.82) is 0 Å². The number of aliphatic imine (C=N–C) groups is 1. The molecule has 24 heavy (non-hydrogen) atoms. The molecule has 0 amide bonds. The van der Waals surface area contributed by atoms with Crippen molar-refractivity contribution in [2.24, 2.45) is 10.9 Å². The summed E-state index contributed by atoms with van der Waals surface area (Å²) in [6.07, 6.45) is -3.38. The summed E-state index contributed by atoms with van der Waals surface area (Å²) >= 11 is 0. The Morgan fingerprint density at radius 3 is 2.54 bits per heavy atom. The number of hydrogen-bond donors (Lipinski definition) is 2. The van der Waals surface area contributed by atoms with Crippen LogP contribution in [0.1, 0.15) is 31.4 Å². The van der Waals surface area contributed by atoms with E-state index in [1.807, 2.05) is 6.92 Å². The van der Waals surface area contributed by atoms with Crippen LogP contribution < -0.4 is 15.4 Å². The fourth-order valence-corrected chi connectivity index (χ4v) is 2.27. The van der Waals surface area contributed by atoms with Crippen LogP contribution in [0.3, 0.4) is 0 Å². The minimum absolute atomic E-state index is 0. The van der Waals surface area contributed by atoms with Crippen molar-refractivity contribution in [1.82, 2.24) is 10.6 Å². The minimum atomic E-state index is -4.43. The molecule has 2 unspecified atom stereocenters. The number of nitrogens with one attached hydrogen (secondary N) is 2. The Balaban J connectivity index is 0.00000288. The van der Waals surface area contributed by atoms with Gasteiger partial charge in [-0.2, -0.15) is 13.2 Å². The molecule has 2 rings (SSSR count). The van der Waals surface area contributed by atoms with Crippen molar-refractivity contribution in [3.05, 3.63) is 29.3 Å². The molecular formula is C16H23F3IN3O. The molecule has 0 bridgehead atoms. The highest BCUT2D eigenvalue weighted by Crippen LogP contribution is 2.34. The highest BCUT2D eigenvalue weighted by atomic mass is 127. The summed E-state index contributed by atoms with van der Waals surface area (Å²) in [5.74, 6) is 1.30. The minimum Gasteiger partial charge on any atom is -0.497 e. The zero-order chi connectivity index (χ0) is 17.0. The number of hydrogen-bond acceptors (Lipinski definition) is 2. The predicted octanol–water partition coefficient (Wildman–Crippen LogP) is 3.80. The third-order valence-corrected chi connectivity index (χ3v) is 3.81. The third kappa shape index (κ3) is 5.71. The standard InChI is InChI=1S/C16H22F3N3O.HI/c1-4-20-15(22-14-7-10(14)2)21-9-11-5-6-12(23-3)8-13(11)16(17,18)19;/h5-6,8,10,14H,4,7,9H2,1-3H3,(H2,20,21,22);1H. The SMILES string of the molecule is CCNC(=NCc1ccc(OC)cc1C(F)(F)F)NC1CC1C.I. The Labute approximate surface area is 157 Å². The molecule has 0 spiro atoms. The maximum absolute atomic E-state index is 13.2. The fourth-order valence-electron chi connectivity index (χ4n) is 2.27. The molecule has 1 aromatic carbocycles. The Morgan fingerprint density at radius 2 is 2.04 bits per heavy atom. The number of ether oxygens (including phenoxy) is 1. The van der Waals surface area contributed by atoms with Crippen molar-refractivity contribution in [2.45, 2.75) is 39.0 Å². The van der Waals surface area contributed by atoms with E-state index in [9.17, 15) is 13.2 Å². The monoisotopic (exact) mass is 457 g/mol. The van der Waals surface area contributed by atoms with E-state index in [1.54, 1.807) is 0 Å². The number of alkyl halides is 3. The lowest BCUT2D eigenvalue weighted by atomic mass is 10.1. The van der Waals surface area contributed by atoms with Gasteiger partial charge >= 0.3 is 6.18 Å². The first kappa shape index (κ1) is 20.9. The molecule has 0 aliphatic heterocycles. The molecule has 136 valence electrons. The number of nitrogens with zero attached hydrogens (tertiary/aromatic N) is 1. The van der Waals surface area contributed by atoms with Crippen LogP contribution in [0.15, 0.2) is 23.2 Å². The molecule has 2 atom stereocenters. The quantitative estimate of drug-likeness (QED) is 0.402. The normalized spacial score (nSPS) is 20.2. The van der Waals surface area contributed by atoms with Crippen molar-refractivity contribution in [3.8, 4) is 5.75 Å². The summed E-state index contributed by atoms with van der Waals surface area (Å²) in [6.45, 7) is 4.64. The first-order valence-corrected chi connectivity index (χ1v) is 7.64. The molecule has 0 aromatic heterocycles. The van der Waals surface area contributed by atoms with Crippen LogP contribution in [0.4, 0.5) is 13.2 Å². The molecule has 0 radical (unpaired) electrons. The van der Waals surface area contributed by atoms with Gasteiger partial charge in [0.2, 0.25) is 0 Å². The Bertz CT molecular complexity index is 578. The summed E-state index contributed by atoms with van der Waals surface area (Å²) < 4.78 is 44.4. The van der Waals surface area contributed by atoms with Gasteiger partial charge in [-0.3, -0.25) is 0 Å². The Morgan fingerprint density at radius 1 is 1.38 bits per heavy atom. The van der Waals surface area contributed by atoms with Gasteiger partial charge in [-0.15, -0.1) is 24.0 Å². The lowest BCUT2D eigenvalue weighted by Crippen LogP contribution is -2.39. The molecule has 0 heterocycles. The Kier molecular flexibility index (Phi) is 7.62. The number of rotatable bonds is 5. The molecule has 1 aliphatic rings. The van der Waals surface area contributed by atoms with E-state index in [1.165, 1.54) is 19.2 Å². The van der Waals surface area contributed by atoms with Crippen molar-refractivity contribution in [2.75, 3.05) is 13.7 Å². The van der Waals surface area contributed by atoms with Crippen LogP contribution in [0.25, 0.3) is 0 Å². The number of halogens is 4. The van der Waals surface area contributed by atoms with Gasteiger partial charge in [0, 0.05) is 12.6 Å². The average molecular weight is 457 g/mol. The van der Waals surface area contributed by atoms with Gasteiger partial charge in [-0.25, -0.2) is 4.99 Å².